The molecule has 1 aromatic heterocycles. The van der Waals surface area contributed by atoms with Crippen LogP contribution in [0.2, 0.25) is 0 Å². The van der Waals surface area contributed by atoms with Gasteiger partial charge in [0.25, 0.3) is 0 Å². The van der Waals surface area contributed by atoms with Crippen LogP contribution in [-0.4, -0.2) is 35.5 Å². The lowest BCUT2D eigenvalue weighted by Gasteiger charge is -2.32. The van der Waals surface area contributed by atoms with Crippen molar-refractivity contribution >= 4 is 11.9 Å². The predicted molar refractivity (Wildman–Crippen MR) is 95.7 cm³/mol. The second-order valence-electron chi connectivity index (χ2n) is 6.21. The number of hydrogen-bond acceptors (Lipinski definition) is 4. The predicted octanol–water partition coefficient (Wildman–Crippen LogP) is 2.89. The summed E-state index contributed by atoms with van der Waals surface area (Å²) in [5, 5.41) is 3.00. The molecule has 2 heterocycles. The first-order chi connectivity index (χ1) is 11.8. The Kier molecular flexibility index (Phi) is 5.41. The van der Waals surface area contributed by atoms with E-state index in [0.717, 1.165) is 43.5 Å². The highest BCUT2D eigenvalue weighted by atomic mass is 16.1. The highest BCUT2D eigenvalue weighted by molar-refractivity contribution is 5.79. The number of anilines is 1. The van der Waals surface area contributed by atoms with Crippen molar-refractivity contribution in [3.05, 3.63) is 42.7 Å². The van der Waals surface area contributed by atoms with E-state index >= 15 is 0 Å². The largest absolute Gasteiger partial charge is 0.356 e. The van der Waals surface area contributed by atoms with Crippen LogP contribution in [0.15, 0.2) is 42.7 Å². The minimum Gasteiger partial charge on any atom is -0.356 e. The molecular formula is C19H24N4O. The van der Waals surface area contributed by atoms with E-state index in [1.165, 1.54) is 0 Å². The topological polar surface area (TPSA) is 58.1 Å². The third-order valence-corrected chi connectivity index (χ3v) is 4.37. The number of hydrogen-bond donors (Lipinski definition) is 1. The molecule has 0 aliphatic carbocycles. The van der Waals surface area contributed by atoms with Gasteiger partial charge in [-0.2, -0.15) is 0 Å². The van der Waals surface area contributed by atoms with Gasteiger partial charge < -0.3 is 10.2 Å². The van der Waals surface area contributed by atoms with Crippen molar-refractivity contribution < 1.29 is 4.79 Å². The normalized spacial score (nSPS) is 17.5. The van der Waals surface area contributed by atoms with Crippen molar-refractivity contribution in [1.82, 2.24) is 15.3 Å². The maximum Gasteiger partial charge on any atom is 0.225 e. The van der Waals surface area contributed by atoms with Gasteiger partial charge in [0.05, 0.1) is 5.92 Å². The zero-order valence-electron chi connectivity index (χ0n) is 14.1. The molecule has 1 aromatic carbocycles. The summed E-state index contributed by atoms with van der Waals surface area (Å²) >= 11 is 0. The molecule has 5 heteroatoms. The molecule has 1 aliphatic rings. The van der Waals surface area contributed by atoms with Crippen LogP contribution in [0.4, 0.5) is 5.95 Å². The summed E-state index contributed by atoms with van der Waals surface area (Å²) in [4.78, 5) is 23.3. The van der Waals surface area contributed by atoms with Crippen LogP contribution in [0.1, 0.15) is 26.2 Å². The van der Waals surface area contributed by atoms with Crippen molar-refractivity contribution in [3.8, 4) is 11.1 Å². The van der Waals surface area contributed by atoms with Gasteiger partial charge in [-0.1, -0.05) is 37.3 Å². The van der Waals surface area contributed by atoms with E-state index in [0.29, 0.717) is 12.5 Å². The van der Waals surface area contributed by atoms with Crippen molar-refractivity contribution in [2.45, 2.75) is 26.2 Å². The maximum absolute atomic E-state index is 12.2. The third kappa shape index (κ3) is 3.91. The number of piperidine rings is 1. The van der Waals surface area contributed by atoms with E-state index < -0.39 is 0 Å². The molecule has 1 saturated heterocycles. The zero-order chi connectivity index (χ0) is 16.8. The molecule has 5 nitrogen and oxygen atoms in total. The molecule has 0 radical (unpaired) electrons. The van der Waals surface area contributed by atoms with Crippen LogP contribution >= 0.6 is 0 Å². The van der Waals surface area contributed by atoms with Crippen LogP contribution in [0, 0.1) is 5.92 Å². The Morgan fingerprint density at radius 2 is 1.96 bits per heavy atom. The molecule has 3 rings (SSSR count). The van der Waals surface area contributed by atoms with Gasteiger partial charge in [0.15, 0.2) is 0 Å². The molecular weight excluding hydrogens is 300 g/mol. The molecule has 0 spiro atoms. The van der Waals surface area contributed by atoms with Crippen LogP contribution < -0.4 is 10.2 Å². The maximum atomic E-state index is 12.2. The quantitative estimate of drug-likeness (QED) is 0.919. The second kappa shape index (κ2) is 7.90. The first kappa shape index (κ1) is 16.4. The number of nitrogens with one attached hydrogen (secondary N) is 1. The monoisotopic (exact) mass is 324 g/mol. The molecule has 1 aliphatic heterocycles. The standard InChI is InChI=1S/C19H24N4O/c1-2-10-20-18(24)16-9-6-11-23(14-16)19-21-12-17(13-22-19)15-7-4-3-5-8-15/h3-5,7-8,12-13,16H,2,6,9-11,14H2,1H3,(H,20,24). The van der Waals surface area contributed by atoms with Crippen molar-refractivity contribution in [2.75, 3.05) is 24.5 Å². The number of amides is 1. The fourth-order valence-corrected chi connectivity index (χ4v) is 3.03. The summed E-state index contributed by atoms with van der Waals surface area (Å²) < 4.78 is 0. The Bertz CT molecular complexity index is 657. The van der Waals surface area contributed by atoms with E-state index in [-0.39, 0.29) is 11.8 Å². The van der Waals surface area contributed by atoms with E-state index in [1.807, 2.05) is 42.7 Å². The minimum atomic E-state index is 0.0303. The van der Waals surface area contributed by atoms with Gasteiger partial charge in [-0.3, -0.25) is 4.79 Å². The number of rotatable bonds is 5. The summed E-state index contributed by atoms with van der Waals surface area (Å²) in [7, 11) is 0. The average Bonchev–Trinajstić information content (AvgIpc) is 2.67. The fourth-order valence-electron chi connectivity index (χ4n) is 3.03. The molecule has 1 unspecified atom stereocenters. The summed E-state index contributed by atoms with van der Waals surface area (Å²) in [6, 6.07) is 10.1. The van der Waals surface area contributed by atoms with Gasteiger partial charge in [-0.15, -0.1) is 0 Å². The molecule has 1 fully saturated rings. The average molecular weight is 324 g/mol. The Morgan fingerprint density at radius 1 is 1.21 bits per heavy atom. The number of carbonyl (C=O) groups is 1. The highest BCUT2D eigenvalue weighted by Gasteiger charge is 2.26. The smallest absolute Gasteiger partial charge is 0.225 e. The van der Waals surface area contributed by atoms with E-state index in [1.54, 1.807) is 0 Å². The molecule has 2 aromatic rings. The van der Waals surface area contributed by atoms with Gasteiger partial charge in [-0.25, -0.2) is 9.97 Å². The summed E-state index contributed by atoms with van der Waals surface area (Å²) in [6.45, 7) is 4.41. The Balaban J connectivity index is 1.66. The third-order valence-electron chi connectivity index (χ3n) is 4.37. The Labute approximate surface area is 143 Å². The van der Waals surface area contributed by atoms with Crippen molar-refractivity contribution in [2.24, 2.45) is 5.92 Å². The summed E-state index contributed by atoms with van der Waals surface area (Å²) in [6.07, 6.45) is 6.62. The number of aromatic nitrogens is 2. The van der Waals surface area contributed by atoms with Gasteiger partial charge in [0.2, 0.25) is 11.9 Å². The lowest BCUT2D eigenvalue weighted by Crippen LogP contribution is -2.43. The molecule has 1 amide bonds. The van der Waals surface area contributed by atoms with Gasteiger partial charge in [-0.05, 0) is 24.8 Å². The Hall–Kier alpha value is -2.43. The molecule has 24 heavy (non-hydrogen) atoms. The molecule has 1 atom stereocenters. The van der Waals surface area contributed by atoms with E-state index in [4.69, 9.17) is 0 Å². The zero-order valence-corrected chi connectivity index (χ0v) is 14.1. The van der Waals surface area contributed by atoms with E-state index in [9.17, 15) is 4.79 Å². The van der Waals surface area contributed by atoms with Crippen LogP contribution in [0.3, 0.4) is 0 Å². The molecule has 0 bridgehead atoms. The first-order valence-electron chi connectivity index (χ1n) is 8.68. The number of carbonyl (C=O) groups excluding carboxylic acids is 1. The summed E-state index contributed by atoms with van der Waals surface area (Å²) in [5.41, 5.74) is 2.12. The fraction of sp³-hybridized carbons (Fsp3) is 0.421. The van der Waals surface area contributed by atoms with Crippen molar-refractivity contribution in [3.63, 3.8) is 0 Å². The molecule has 1 N–H and O–H groups in total. The number of benzene rings is 1. The van der Waals surface area contributed by atoms with Crippen LogP contribution in [-0.2, 0) is 4.79 Å². The van der Waals surface area contributed by atoms with Crippen LogP contribution in [0.5, 0.6) is 0 Å². The second-order valence-corrected chi connectivity index (χ2v) is 6.21. The lowest BCUT2D eigenvalue weighted by molar-refractivity contribution is -0.125. The SMILES string of the molecule is CCCNC(=O)C1CCCN(c2ncc(-c3ccccc3)cn2)C1. The van der Waals surface area contributed by atoms with Gasteiger partial charge in [0.1, 0.15) is 0 Å². The Morgan fingerprint density at radius 3 is 2.67 bits per heavy atom. The van der Waals surface area contributed by atoms with Crippen LogP contribution in [0.25, 0.3) is 11.1 Å². The lowest BCUT2D eigenvalue weighted by atomic mass is 9.97. The minimum absolute atomic E-state index is 0.0303. The molecule has 126 valence electrons. The number of nitrogens with zero attached hydrogens (tertiary/aromatic N) is 3. The first-order valence-corrected chi connectivity index (χ1v) is 8.68. The molecule has 0 saturated carbocycles. The summed E-state index contributed by atoms with van der Waals surface area (Å²) in [5.74, 6) is 0.896. The van der Waals surface area contributed by atoms with Crippen molar-refractivity contribution in [1.29, 1.82) is 0 Å². The van der Waals surface area contributed by atoms with Gasteiger partial charge >= 0.3 is 0 Å². The van der Waals surface area contributed by atoms with Gasteiger partial charge in [0, 0.05) is 37.6 Å². The van der Waals surface area contributed by atoms with E-state index in [2.05, 4.69) is 27.1 Å². The highest BCUT2D eigenvalue weighted by Crippen LogP contribution is 2.22.